The number of aromatic hydroxyl groups is 2. The van der Waals surface area contributed by atoms with Gasteiger partial charge in [0.2, 0.25) is 0 Å². The van der Waals surface area contributed by atoms with Crippen molar-refractivity contribution in [1.29, 1.82) is 0 Å². The number of rotatable bonds is 6. The lowest BCUT2D eigenvalue weighted by atomic mass is 9.76. The molecule has 2 saturated carbocycles. The average Bonchev–Trinajstić information content (AvgIpc) is 3.46. The van der Waals surface area contributed by atoms with E-state index in [-0.39, 0.29) is 0 Å². The summed E-state index contributed by atoms with van der Waals surface area (Å²) in [7, 11) is 8.60. The molecule has 0 amide bonds. The lowest BCUT2D eigenvalue weighted by Gasteiger charge is -2.32. The van der Waals surface area contributed by atoms with Crippen molar-refractivity contribution in [3.05, 3.63) is 71.3 Å². The summed E-state index contributed by atoms with van der Waals surface area (Å²) in [6.45, 7) is 2.17. The first kappa shape index (κ1) is 27.0. The van der Waals surface area contributed by atoms with E-state index in [2.05, 4.69) is 56.2 Å². The minimum Gasteiger partial charge on any atom is -0.508 e. The van der Waals surface area contributed by atoms with Crippen LogP contribution in [0.3, 0.4) is 0 Å². The highest BCUT2D eigenvalue weighted by molar-refractivity contribution is 5.72. The molecule has 0 radical (unpaired) electrons. The third-order valence-electron chi connectivity index (χ3n) is 9.23. The van der Waals surface area contributed by atoms with Gasteiger partial charge in [0.25, 0.3) is 0 Å². The second kappa shape index (κ2) is 11.7. The second-order valence-corrected chi connectivity index (χ2v) is 12.7. The van der Waals surface area contributed by atoms with Gasteiger partial charge in [0.1, 0.15) is 11.5 Å². The fourth-order valence-electron chi connectivity index (χ4n) is 7.64. The van der Waals surface area contributed by atoms with Gasteiger partial charge in [0.15, 0.2) is 0 Å². The number of benzene rings is 2. The van der Waals surface area contributed by atoms with Gasteiger partial charge in [0.05, 0.1) is 0 Å². The van der Waals surface area contributed by atoms with Crippen molar-refractivity contribution in [2.45, 2.75) is 44.9 Å². The minimum atomic E-state index is 0.375. The maximum atomic E-state index is 9.73. The Morgan fingerprint density at radius 3 is 2.18 bits per heavy atom. The fraction of sp³-hybridized carbons (Fsp3) is 0.529. The Morgan fingerprint density at radius 2 is 1.50 bits per heavy atom. The van der Waals surface area contributed by atoms with Gasteiger partial charge in [-0.25, -0.2) is 0 Å². The molecule has 0 aliphatic heterocycles. The first-order valence-electron chi connectivity index (χ1n) is 14.6. The van der Waals surface area contributed by atoms with E-state index in [1.165, 1.54) is 67.2 Å². The van der Waals surface area contributed by atoms with Gasteiger partial charge >= 0.3 is 0 Å². The van der Waals surface area contributed by atoms with Crippen LogP contribution in [0.25, 0.3) is 11.1 Å². The zero-order valence-electron chi connectivity index (χ0n) is 23.7. The zero-order chi connectivity index (χ0) is 26.8. The SMILES string of the molecule is CN(C)CC1=C(c2cccc(O)c2)C[C@@H]2CC[C@H]1C2.CN(C)C[C@@H]1C(c2cccc(O)c2)=C[C@@H]2CC[C@H]1C2. The molecule has 2 aromatic carbocycles. The minimum absolute atomic E-state index is 0.375. The highest BCUT2D eigenvalue weighted by Crippen LogP contribution is 2.49. The molecule has 2 aromatic rings. The summed E-state index contributed by atoms with van der Waals surface area (Å²) in [5.74, 6) is 4.62. The lowest BCUT2D eigenvalue weighted by Crippen LogP contribution is -2.29. The van der Waals surface area contributed by atoms with E-state index in [4.69, 9.17) is 0 Å². The van der Waals surface area contributed by atoms with Crippen molar-refractivity contribution in [2.75, 3.05) is 41.3 Å². The van der Waals surface area contributed by atoms with Crippen LogP contribution in [0.5, 0.6) is 11.5 Å². The molecule has 6 rings (SSSR count). The molecule has 0 spiro atoms. The second-order valence-electron chi connectivity index (χ2n) is 12.7. The molecule has 5 atom stereocenters. The van der Waals surface area contributed by atoms with Gasteiger partial charge in [-0.3, -0.25) is 0 Å². The van der Waals surface area contributed by atoms with Crippen LogP contribution in [0.4, 0.5) is 0 Å². The molecule has 2 fully saturated rings. The van der Waals surface area contributed by atoms with E-state index in [0.717, 1.165) is 36.8 Å². The van der Waals surface area contributed by atoms with Crippen LogP contribution >= 0.6 is 0 Å². The first-order chi connectivity index (χ1) is 18.3. The van der Waals surface area contributed by atoms with Crippen molar-refractivity contribution in [3.8, 4) is 11.5 Å². The molecule has 204 valence electrons. The third-order valence-corrected chi connectivity index (χ3v) is 9.23. The molecule has 0 aromatic heterocycles. The Hall–Kier alpha value is -2.56. The standard InChI is InChI=1S/2C17H23NO/c2*1-18(2)11-17-14-7-6-12(8-14)9-16(17)13-4-3-5-15(19)10-13/h3-5,10,12,14,19H,6-9,11H2,1-2H3;3-5,9-10,12,14,17,19H,6-8,11H2,1-2H3/t12-,14+;12-,14+,17+/m11/s1. The van der Waals surface area contributed by atoms with Gasteiger partial charge in [-0.1, -0.05) is 30.3 Å². The number of allylic oxidation sites excluding steroid dienone is 2. The molecule has 2 N–H and O–H groups in total. The molecule has 4 nitrogen and oxygen atoms in total. The molecular weight excluding hydrogens is 468 g/mol. The van der Waals surface area contributed by atoms with Crippen LogP contribution in [0, 0.1) is 29.6 Å². The van der Waals surface area contributed by atoms with Gasteiger partial charge < -0.3 is 20.0 Å². The predicted molar refractivity (Wildman–Crippen MR) is 158 cm³/mol. The molecule has 4 aliphatic rings. The van der Waals surface area contributed by atoms with Crippen LogP contribution in [0.2, 0.25) is 0 Å². The highest BCUT2D eigenvalue weighted by atomic mass is 16.3. The number of nitrogens with zero attached hydrogens (tertiary/aromatic N) is 2. The topological polar surface area (TPSA) is 46.9 Å². The summed E-state index contributed by atoms with van der Waals surface area (Å²) in [6, 6.07) is 15.6. The van der Waals surface area contributed by atoms with Crippen molar-refractivity contribution in [2.24, 2.45) is 29.6 Å². The Bertz CT molecular complexity index is 1180. The van der Waals surface area contributed by atoms with Crippen LogP contribution < -0.4 is 0 Å². The number of phenols is 2. The van der Waals surface area contributed by atoms with Gasteiger partial charge in [-0.15, -0.1) is 0 Å². The summed E-state index contributed by atoms with van der Waals surface area (Å²) in [5, 5.41) is 19.4. The van der Waals surface area contributed by atoms with Crippen molar-refractivity contribution >= 4 is 11.1 Å². The van der Waals surface area contributed by atoms with E-state index < -0.39 is 0 Å². The predicted octanol–water partition coefficient (Wildman–Crippen LogP) is 6.91. The van der Waals surface area contributed by atoms with Crippen LogP contribution in [0.15, 0.2) is 60.2 Å². The largest absolute Gasteiger partial charge is 0.508 e. The molecule has 0 heterocycles. The third kappa shape index (κ3) is 6.18. The first-order valence-corrected chi connectivity index (χ1v) is 14.6. The maximum absolute atomic E-state index is 9.73. The van der Waals surface area contributed by atoms with E-state index in [1.807, 2.05) is 24.3 Å². The van der Waals surface area contributed by atoms with Crippen molar-refractivity contribution in [1.82, 2.24) is 9.80 Å². The maximum Gasteiger partial charge on any atom is 0.116 e. The van der Waals surface area contributed by atoms with Gasteiger partial charge in [-0.2, -0.15) is 0 Å². The summed E-state index contributed by atoms with van der Waals surface area (Å²) in [6.07, 6.45) is 11.9. The summed E-state index contributed by atoms with van der Waals surface area (Å²) in [4.78, 5) is 4.57. The van der Waals surface area contributed by atoms with Crippen molar-refractivity contribution in [3.63, 3.8) is 0 Å². The zero-order valence-corrected chi connectivity index (χ0v) is 23.7. The number of likely N-dealkylation sites (N-methyl/N-ethyl adjacent to an activating group) is 1. The molecule has 4 aliphatic carbocycles. The van der Waals surface area contributed by atoms with Gasteiger partial charge in [-0.05, 0) is 155 Å². The quantitative estimate of drug-likeness (QED) is 0.440. The molecule has 4 heteroatoms. The van der Waals surface area contributed by atoms with E-state index in [0.29, 0.717) is 17.4 Å². The van der Waals surface area contributed by atoms with Crippen LogP contribution in [-0.2, 0) is 0 Å². The average molecular weight is 515 g/mol. The monoisotopic (exact) mass is 514 g/mol. The Kier molecular flexibility index (Phi) is 8.30. The normalized spacial score (nSPS) is 27.9. The number of hydrogen-bond acceptors (Lipinski definition) is 4. The summed E-state index contributed by atoms with van der Waals surface area (Å²) < 4.78 is 0. The molecule has 4 bridgehead atoms. The Balaban J connectivity index is 0.000000155. The number of phenolic OH excluding ortho intramolecular Hbond substituents is 2. The fourth-order valence-corrected chi connectivity index (χ4v) is 7.64. The Labute approximate surface area is 229 Å². The van der Waals surface area contributed by atoms with Crippen LogP contribution in [0.1, 0.15) is 56.1 Å². The molecule has 38 heavy (non-hydrogen) atoms. The number of fused-ring (bicyclic) bond motifs is 4. The van der Waals surface area contributed by atoms with Crippen LogP contribution in [-0.4, -0.2) is 61.3 Å². The molecule has 0 unspecified atom stereocenters. The highest BCUT2D eigenvalue weighted by Gasteiger charge is 2.37. The Morgan fingerprint density at radius 1 is 0.789 bits per heavy atom. The summed E-state index contributed by atoms with van der Waals surface area (Å²) in [5.41, 5.74) is 7.02. The smallest absolute Gasteiger partial charge is 0.116 e. The molecule has 0 saturated heterocycles. The summed E-state index contributed by atoms with van der Waals surface area (Å²) >= 11 is 0. The number of hydrogen-bond donors (Lipinski definition) is 2. The van der Waals surface area contributed by atoms with E-state index in [1.54, 1.807) is 17.7 Å². The van der Waals surface area contributed by atoms with E-state index >= 15 is 0 Å². The lowest BCUT2D eigenvalue weighted by molar-refractivity contribution is 0.289. The van der Waals surface area contributed by atoms with Gasteiger partial charge in [0, 0.05) is 13.1 Å². The van der Waals surface area contributed by atoms with Crippen molar-refractivity contribution < 1.29 is 10.2 Å². The molecular formula is C34H46N2O2. The van der Waals surface area contributed by atoms with E-state index in [9.17, 15) is 10.2 Å².